The second-order valence-corrected chi connectivity index (χ2v) is 7.88. The van der Waals surface area contributed by atoms with Crippen LogP contribution >= 0.6 is 27.3 Å². The summed E-state index contributed by atoms with van der Waals surface area (Å²) in [6, 6.07) is 18.9. The predicted molar refractivity (Wildman–Crippen MR) is 114 cm³/mol. The number of hydrogen-bond acceptors (Lipinski definition) is 5. The number of anilines is 1. The number of nitro benzene ring substituents is 1. The van der Waals surface area contributed by atoms with E-state index in [1.807, 2.05) is 36.4 Å². The summed E-state index contributed by atoms with van der Waals surface area (Å²) in [7, 11) is 0. The van der Waals surface area contributed by atoms with Gasteiger partial charge >= 0.3 is 0 Å². The van der Waals surface area contributed by atoms with Crippen LogP contribution in [0.3, 0.4) is 0 Å². The van der Waals surface area contributed by atoms with Crippen LogP contribution in [0.5, 0.6) is 0 Å². The molecular weight excluding hydrogens is 442 g/mol. The first-order valence-electron chi connectivity index (χ1n) is 8.22. The molecule has 0 spiro atoms. The summed E-state index contributed by atoms with van der Waals surface area (Å²) in [4.78, 5) is 27.6. The van der Waals surface area contributed by atoms with Gasteiger partial charge < -0.3 is 5.32 Å². The van der Waals surface area contributed by atoms with Crippen molar-refractivity contribution in [1.82, 2.24) is 4.98 Å². The van der Waals surface area contributed by atoms with Gasteiger partial charge in [0.1, 0.15) is 5.01 Å². The number of nitrogens with one attached hydrogen (secondary N) is 1. The average molecular weight is 454 g/mol. The lowest BCUT2D eigenvalue weighted by Crippen LogP contribution is -2.12. The fourth-order valence-electron chi connectivity index (χ4n) is 2.72. The first kappa shape index (κ1) is 18.3. The Kier molecular flexibility index (Phi) is 4.89. The fourth-order valence-corrected chi connectivity index (χ4v) is 4.08. The van der Waals surface area contributed by atoms with Crippen LogP contribution < -0.4 is 5.32 Å². The number of aromatic nitrogens is 1. The number of benzene rings is 3. The molecule has 0 saturated heterocycles. The van der Waals surface area contributed by atoms with E-state index in [9.17, 15) is 14.9 Å². The second kappa shape index (κ2) is 7.49. The first-order valence-corrected chi connectivity index (χ1v) is 9.83. The van der Waals surface area contributed by atoms with Crippen LogP contribution in [0.25, 0.3) is 20.8 Å². The molecule has 0 saturated carbocycles. The minimum atomic E-state index is -0.498. The smallest absolute Gasteiger partial charge is 0.269 e. The average Bonchev–Trinajstić information content (AvgIpc) is 3.13. The molecule has 8 heteroatoms. The summed E-state index contributed by atoms with van der Waals surface area (Å²) in [6.07, 6.45) is 0. The zero-order chi connectivity index (χ0) is 19.7. The first-order chi connectivity index (χ1) is 13.5. The Balaban J connectivity index is 1.68. The highest BCUT2D eigenvalue weighted by molar-refractivity contribution is 9.10. The van der Waals surface area contributed by atoms with Gasteiger partial charge in [0, 0.05) is 27.7 Å². The largest absolute Gasteiger partial charge is 0.321 e. The van der Waals surface area contributed by atoms with Crippen molar-refractivity contribution in [3.8, 4) is 10.6 Å². The molecule has 0 fully saturated rings. The van der Waals surface area contributed by atoms with E-state index < -0.39 is 4.92 Å². The van der Waals surface area contributed by atoms with Gasteiger partial charge in [-0.25, -0.2) is 4.98 Å². The number of carbonyl (C=O) groups excluding carboxylic acids is 1. The number of nitrogens with zero attached hydrogens (tertiary/aromatic N) is 2. The molecule has 0 aliphatic carbocycles. The summed E-state index contributed by atoms with van der Waals surface area (Å²) in [5, 5.41) is 14.5. The van der Waals surface area contributed by atoms with Crippen molar-refractivity contribution in [2.75, 3.05) is 5.32 Å². The minimum absolute atomic E-state index is 0.0599. The predicted octanol–water partition coefficient (Wildman–Crippen LogP) is 5.89. The van der Waals surface area contributed by atoms with Gasteiger partial charge in [-0.3, -0.25) is 14.9 Å². The monoisotopic (exact) mass is 453 g/mol. The van der Waals surface area contributed by atoms with Gasteiger partial charge in [0.15, 0.2) is 0 Å². The molecule has 28 heavy (non-hydrogen) atoms. The number of halogens is 1. The van der Waals surface area contributed by atoms with Crippen LogP contribution in [0.4, 0.5) is 11.4 Å². The maximum atomic E-state index is 12.6. The summed E-state index contributed by atoms with van der Waals surface area (Å²) in [5.74, 6) is -0.348. The number of para-hydroxylation sites is 1. The van der Waals surface area contributed by atoms with Gasteiger partial charge in [0.05, 0.1) is 20.8 Å². The van der Waals surface area contributed by atoms with Crippen LogP contribution in [0.15, 0.2) is 71.2 Å². The number of nitro groups is 1. The summed E-state index contributed by atoms with van der Waals surface area (Å²) < 4.78 is 1.93. The van der Waals surface area contributed by atoms with Crippen LogP contribution in [0.1, 0.15) is 10.4 Å². The summed E-state index contributed by atoms with van der Waals surface area (Å²) >= 11 is 5.01. The van der Waals surface area contributed by atoms with Gasteiger partial charge in [-0.05, 0) is 42.5 Å². The molecule has 138 valence electrons. The molecule has 0 radical (unpaired) electrons. The van der Waals surface area contributed by atoms with Crippen molar-refractivity contribution in [2.24, 2.45) is 0 Å². The topological polar surface area (TPSA) is 85.1 Å². The van der Waals surface area contributed by atoms with Gasteiger partial charge in [-0.15, -0.1) is 11.3 Å². The van der Waals surface area contributed by atoms with Crippen LogP contribution in [-0.4, -0.2) is 15.8 Å². The molecule has 3 aromatic carbocycles. The third-order valence-electron chi connectivity index (χ3n) is 4.09. The number of non-ortho nitro benzene ring substituents is 1. The Morgan fingerprint density at radius 1 is 1.07 bits per heavy atom. The zero-order valence-electron chi connectivity index (χ0n) is 14.3. The molecular formula is C20H12BrN3O3S. The highest BCUT2D eigenvalue weighted by Gasteiger charge is 2.15. The third kappa shape index (κ3) is 3.64. The molecule has 0 atom stereocenters. The number of amides is 1. The minimum Gasteiger partial charge on any atom is -0.321 e. The Labute approximate surface area is 172 Å². The molecule has 1 N–H and O–H groups in total. The lowest BCUT2D eigenvalue weighted by molar-refractivity contribution is -0.384. The van der Waals surface area contributed by atoms with Gasteiger partial charge in [0.2, 0.25) is 0 Å². The van der Waals surface area contributed by atoms with Crippen molar-refractivity contribution in [3.05, 3.63) is 86.9 Å². The van der Waals surface area contributed by atoms with Crippen LogP contribution in [0.2, 0.25) is 0 Å². The van der Waals surface area contributed by atoms with E-state index in [1.165, 1.54) is 24.3 Å². The Bertz CT molecular complexity index is 1170. The van der Waals surface area contributed by atoms with E-state index in [0.717, 1.165) is 25.3 Å². The van der Waals surface area contributed by atoms with Gasteiger partial charge in [0.25, 0.3) is 11.6 Å². The Hall–Kier alpha value is -3.10. The fraction of sp³-hybridized carbons (Fsp3) is 0. The third-order valence-corrected chi connectivity index (χ3v) is 5.66. The SMILES string of the molecule is O=C(Nc1ccc(Br)cc1-c1nc2ccccc2s1)c1ccc([N+](=O)[O-])cc1. The lowest BCUT2D eigenvalue weighted by Gasteiger charge is -2.10. The number of fused-ring (bicyclic) bond motifs is 1. The molecule has 1 aromatic heterocycles. The van der Waals surface area contributed by atoms with E-state index in [4.69, 9.17) is 0 Å². The highest BCUT2D eigenvalue weighted by atomic mass is 79.9. The Morgan fingerprint density at radius 3 is 2.54 bits per heavy atom. The number of thiazole rings is 1. The molecule has 0 aliphatic rings. The quantitative estimate of drug-likeness (QED) is 0.308. The summed E-state index contributed by atoms with van der Waals surface area (Å²) in [5.41, 5.74) is 2.59. The molecule has 0 aliphatic heterocycles. The molecule has 1 heterocycles. The summed E-state index contributed by atoms with van der Waals surface area (Å²) in [6.45, 7) is 0. The maximum Gasteiger partial charge on any atom is 0.269 e. The molecule has 4 rings (SSSR count). The van der Waals surface area contributed by atoms with Crippen molar-refractivity contribution in [1.29, 1.82) is 0 Å². The molecule has 0 unspecified atom stereocenters. The molecule has 1 amide bonds. The van der Waals surface area contributed by atoms with Crippen molar-refractivity contribution in [2.45, 2.75) is 0 Å². The van der Waals surface area contributed by atoms with E-state index in [0.29, 0.717) is 11.3 Å². The van der Waals surface area contributed by atoms with E-state index in [2.05, 4.69) is 26.2 Å². The van der Waals surface area contributed by atoms with Crippen LogP contribution in [0, 0.1) is 10.1 Å². The second-order valence-electron chi connectivity index (χ2n) is 5.93. The molecule has 0 bridgehead atoms. The van der Waals surface area contributed by atoms with Crippen molar-refractivity contribution in [3.63, 3.8) is 0 Å². The van der Waals surface area contributed by atoms with Crippen molar-refractivity contribution >= 4 is 54.8 Å². The molecule has 6 nitrogen and oxygen atoms in total. The number of rotatable bonds is 4. The number of carbonyl (C=O) groups is 1. The normalized spacial score (nSPS) is 10.8. The highest BCUT2D eigenvalue weighted by Crippen LogP contribution is 2.36. The van der Waals surface area contributed by atoms with Crippen molar-refractivity contribution < 1.29 is 9.72 Å². The van der Waals surface area contributed by atoms with E-state index in [-0.39, 0.29) is 11.6 Å². The van der Waals surface area contributed by atoms with E-state index >= 15 is 0 Å². The maximum absolute atomic E-state index is 12.6. The van der Waals surface area contributed by atoms with E-state index in [1.54, 1.807) is 17.4 Å². The lowest BCUT2D eigenvalue weighted by atomic mass is 10.1. The van der Waals surface area contributed by atoms with Gasteiger partial charge in [-0.1, -0.05) is 28.1 Å². The standard InChI is InChI=1S/C20H12BrN3O3S/c21-13-7-10-16(22-19(25)12-5-8-14(9-6-12)24(26)27)15(11-13)20-23-17-3-1-2-4-18(17)28-20/h1-11H,(H,22,25). The van der Waals surface area contributed by atoms with Crippen LogP contribution in [-0.2, 0) is 0 Å². The van der Waals surface area contributed by atoms with Gasteiger partial charge in [-0.2, -0.15) is 0 Å². The Morgan fingerprint density at radius 2 is 1.82 bits per heavy atom. The molecule has 4 aromatic rings. The zero-order valence-corrected chi connectivity index (χ0v) is 16.7. The number of hydrogen-bond donors (Lipinski definition) is 1.